The Morgan fingerprint density at radius 1 is 1.04 bits per heavy atom. The third kappa shape index (κ3) is 2.78. The van der Waals surface area contributed by atoms with E-state index in [2.05, 4.69) is 31.2 Å². The molecule has 0 amide bonds. The van der Waals surface area contributed by atoms with E-state index in [9.17, 15) is 5.11 Å². The number of piperidine rings is 1. The van der Waals surface area contributed by atoms with Crippen molar-refractivity contribution < 1.29 is 14.3 Å². The molecular formula is C20H26NO2+. The third-order valence-corrected chi connectivity index (χ3v) is 5.56. The topological polar surface area (TPSA) is 29.5 Å². The van der Waals surface area contributed by atoms with Gasteiger partial charge in [0.1, 0.15) is 19.2 Å². The number of morpholine rings is 1. The van der Waals surface area contributed by atoms with Crippen LogP contribution in [0.5, 0.6) is 0 Å². The summed E-state index contributed by atoms with van der Waals surface area (Å²) in [4.78, 5) is 0. The summed E-state index contributed by atoms with van der Waals surface area (Å²) < 4.78 is 7.08. The Labute approximate surface area is 138 Å². The lowest BCUT2D eigenvalue weighted by Gasteiger charge is -2.51. The van der Waals surface area contributed by atoms with Gasteiger partial charge in [-0.15, -0.1) is 0 Å². The van der Waals surface area contributed by atoms with Crippen molar-refractivity contribution in [1.82, 2.24) is 0 Å². The summed E-state index contributed by atoms with van der Waals surface area (Å²) in [5.74, 6) is -1.17. The molecule has 2 aliphatic heterocycles. The van der Waals surface area contributed by atoms with Gasteiger partial charge in [0.15, 0.2) is 0 Å². The largest absolute Gasteiger partial charge is 0.357 e. The molecule has 0 bridgehead atoms. The van der Waals surface area contributed by atoms with E-state index in [-0.39, 0.29) is 6.10 Å². The highest BCUT2D eigenvalue weighted by Crippen LogP contribution is 2.36. The summed E-state index contributed by atoms with van der Waals surface area (Å²) in [5.41, 5.74) is 0.894. The number of aliphatic hydroxyl groups is 1. The molecular weight excluding hydrogens is 286 g/mol. The van der Waals surface area contributed by atoms with Crippen molar-refractivity contribution in [2.75, 3.05) is 26.2 Å². The van der Waals surface area contributed by atoms with E-state index in [1.807, 2.05) is 18.2 Å². The minimum absolute atomic E-state index is 0.0818. The highest BCUT2D eigenvalue weighted by Gasteiger charge is 2.49. The van der Waals surface area contributed by atoms with E-state index in [0.29, 0.717) is 6.54 Å². The van der Waals surface area contributed by atoms with E-state index in [4.69, 9.17) is 4.74 Å². The van der Waals surface area contributed by atoms with Crippen LogP contribution in [0.4, 0.5) is 0 Å². The van der Waals surface area contributed by atoms with Crippen molar-refractivity contribution in [1.29, 1.82) is 0 Å². The van der Waals surface area contributed by atoms with Gasteiger partial charge in [0, 0.05) is 5.56 Å². The van der Waals surface area contributed by atoms with Crippen molar-refractivity contribution in [3.8, 4) is 0 Å². The Kier molecular flexibility index (Phi) is 3.67. The molecule has 0 aliphatic carbocycles. The number of fused-ring (bicyclic) bond motifs is 1. The van der Waals surface area contributed by atoms with Crippen LogP contribution < -0.4 is 0 Å². The molecule has 2 fully saturated rings. The van der Waals surface area contributed by atoms with Crippen LogP contribution in [0.2, 0.25) is 0 Å². The van der Waals surface area contributed by atoms with Gasteiger partial charge in [-0.25, -0.2) is 0 Å². The highest BCUT2D eigenvalue weighted by atomic mass is 16.6. The fourth-order valence-corrected chi connectivity index (χ4v) is 4.59. The maximum Gasteiger partial charge on any atom is 0.244 e. The minimum atomic E-state index is -1.17. The number of hydrogen-bond acceptors (Lipinski definition) is 2. The van der Waals surface area contributed by atoms with Crippen LogP contribution in [0.25, 0.3) is 10.8 Å². The first-order chi connectivity index (χ1) is 11.1. The Balaban J connectivity index is 1.71. The lowest BCUT2D eigenvalue weighted by atomic mass is 9.95. The van der Waals surface area contributed by atoms with Gasteiger partial charge in [-0.1, -0.05) is 36.4 Å². The minimum Gasteiger partial charge on any atom is -0.357 e. The predicted octanol–water partition coefficient (Wildman–Crippen LogP) is 3.40. The van der Waals surface area contributed by atoms with Crippen LogP contribution in [-0.4, -0.2) is 41.9 Å². The van der Waals surface area contributed by atoms with Gasteiger partial charge in [-0.2, -0.15) is 0 Å². The maximum absolute atomic E-state index is 11.4. The number of rotatable bonds is 1. The predicted molar refractivity (Wildman–Crippen MR) is 92.0 cm³/mol. The zero-order valence-corrected chi connectivity index (χ0v) is 13.9. The SMILES string of the molecule is C[C@H]1C[N+]2(CCCCC2)C[C@](O)(c2ccc3ccccc3c2)O1. The Bertz CT molecular complexity index is 708. The molecule has 1 N–H and O–H groups in total. The van der Waals surface area contributed by atoms with Crippen LogP contribution in [0.15, 0.2) is 42.5 Å². The lowest BCUT2D eigenvalue weighted by molar-refractivity contribution is -0.955. The van der Waals surface area contributed by atoms with Crippen LogP contribution in [0.1, 0.15) is 31.7 Å². The van der Waals surface area contributed by atoms with Crippen molar-refractivity contribution in [2.45, 2.75) is 38.1 Å². The maximum atomic E-state index is 11.4. The lowest BCUT2D eigenvalue weighted by Crippen LogP contribution is -2.65. The second-order valence-corrected chi connectivity index (χ2v) is 7.46. The van der Waals surface area contributed by atoms with Crippen LogP contribution in [0, 0.1) is 0 Å². The van der Waals surface area contributed by atoms with Crippen molar-refractivity contribution in [3.05, 3.63) is 48.0 Å². The molecule has 23 heavy (non-hydrogen) atoms. The molecule has 0 radical (unpaired) electrons. The van der Waals surface area contributed by atoms with Gasteiger partial charge in [0.2, 0.25) is 5.79 Å². The zero-order valence-electron chi connectivity index (χ0n) is 13.9. The molecule has 4 rings (SSSR count). The summed E-state index contributed by atoms with van der Waals surface area (Å²) >= 11 is 0. The molecule has 2 heterocycles. The summed E-state index contributed by atoms with van der Waals surface area (Å²) in [5, 5.41) is 13.7. The van der Waals surface area contributed by atoms with Crippen LogP contribution >= 0.6 is 0 Å². The van der Waals surface area contributed by atoms with E-state index in [1.165, 1.54) is 37.7 Å². The number of nitrogens with zero attached hydrogens (tertiary/aromatic N) is 1. The van der Waals surface area contributed by atoms with E-state index < -0.39 is 5.79 Å². The molecule has 122 valence electrons. The Morgan fingerprint density at radius 3 is 2.57 bits per heavy atom. The molecule has 0 aromatic heterocycles. The number of benzene rings is 2. The molecule has 0 saturated carbocycles. The second kappa shape index (κ2) is 5.59. The Morgan fingerprint density at radius 2 is 1.78 bits per heavy atom. The van der Waals surface area contributed by atoms with Crippen LogP contribution in [0.3, 0.4) is 0 Å². The van der Waals surface area contributed by atoms with Crippen molar-refractivity contribution in [2.24, 2.45) is 0 Å². The van der Waals surface area contributed by atoms with Gasteiger partial charge in [-0.3, -0.25) is 0 Å². The first-order valence-corrected chi connectivity index (χ1v) is 8.83. The number of hydrogen-bond donors (Lipinski definition) is 1. The molecule has 3 nitrogen and oxygen atoms in total. The van der Waals surface area contributed by atoms with Gasteiger partial charge in [0.05, 0.1) is 13.1 Å². The monoisotopic (exact) mass is 312 g/mol. The highest BCUT2D eigenvalue weighted by molar-refractivity contribution is 5.83. The molecule has 2 atom stereocenters. The summed E-state index contributed by atoms with van der Waals surface area (Å²) in [6.45, 7) is 6.14. The number of ether oxygens (including phenoxy) is 1. The standard InChI is InChI=1S/C20H26NO2/c1-16-14-21(11-5-2-6-12-21)15-20(22,23-16)19-10-9-17-7-3-4-8-18(17)13-19/h3-4,7-10,13,16,22H,2,5-6,11-12,14-15H2,1H3/q+1/t16-,20+/m0/s1. The average molecular weight is 312 g/mol. The summed E-state index contributed by atoms with van der Waals surface area (Å²) in [7, 11) is 0. The second-order valence-electron chi connectivity index (χ2n) is 7.46. The molecule has 2 saturated heterocycles. The van der Waals surface area contributed by atoms with Crippen molar-refractivity contribution >= 4 is 10.8 Å². The van der Waals surface area contributed by atoms with Crippen molar-refractivity contribution in [3.63, 3.8) is 0 Å². The zero-order chi connectivity index (χ0) is 15.9. The van der Waals surface area contributed by atoms with Gasteiger partial charge < -0.3 is 14.3 Å². The molecule has 0 unspecified atom stereocenters. The van der Waals surface area contributed by atoms with E-state index in [1.54, 1.807) is 0 Å². The first kappa shape index (κ1) is 15.1. The summed E-state index contributed by atoms with van der Waals surface area (Å²) in [6.07, 6.45) is 3.93. The van der Waals surface area contributed by atoms with Gasteiger partial charge >= 0.3 is 0 Å². The van der Waals surface area contributed by atoms with E-state index >= 15 is 0 Å². The van der Waals surface area contributed by atoms with E-state index in [0.717, 1.165) is 22.0 Å². The van der Waals surface area contributed by atoms with Gasteiger partial charge in [0.25, 0.3) is 0 Å². The smallest absolute Gasteiger partial charge is 0.244 e. The first-order valence-electron chi connectivity index (χ1n) is 8.83. The average Bonchev–Trinajstić information content (AvgIpc) is 2.54. The molecule has 2 aliphatic rings. The third-order valence-electron chi connectivity index (χ3n) is 5.56. The quantitative estimate of drug-likeness (QED) is 0.818. The van der Waals surface area contributed by atoms with Crippen LogP contribution in [-0.2, 0) is 10.5 Å². The normalized spacial score (nSPS) is 30.6. The molecule has 3 heteroatoms. The Hall–Kier alpha value is -1.42. The number of quaternary nitrogens is 1. The van der Waals surface area contributed by atoms with Gasteiger partial charge in [-0.05, 0) is 43.0 Å². The molecule has 2 aromatic carbocycles. The summed E-state index contributed by atoms with van der Waals surface area (Å²) in [6, 6.07) is 14.5. The molecule has 2 aromatic rings. The fourth-order valence-electron chi connectivity index (χ4n) is 4.59. The molecule has 1 spiro atoms. The fraction of sp³-hybridized carbons (Fsp3) is 0.500.